The molecule has 39 heavy (non-hydrogen) atoms. The fourth-order valence-corrected chi connectivity index (χ4v) is 4.60. The molecule has 0 aliphatic heterocycles. The zero-order chi connectivity index (χ0) is 27.6. The van der Waals surface area contributed by atoms with Gasteiger partial charge in [-0.25, -0.2) is 0 Å². The number of carbonyl (C=O) groups excluding carboxylic acids is 2. The quantitative estimate of drug-likeness (QED) is 0.233. The van der Waals surface area contributed by atoms with E-state index < -0.39 is 0 Å². The minimum absolute atomic E-state index is 0.00920. The van der Waals surface area contributed by atoms with Gasteiger partial charge in [0.15, 0.2) is 0 Å². The molecular weight excluding hydrogens is 486 g/mol. The van der Waals surface area contributed by atoms with Gasteiger partial charge in [0, 0.05) is 37.1 Å². The first-order chi connectivity index (χ1) is 18.9. The Balaban J connectivity index is 1.56. The van der Waals surface area contributed by atoms with E-state index in [-0.39, 0.29) is 24.3 Å². The molecule has 6 heteroatoms. The molecule has 2 amide bonds. The number of benzene rings is 3. The van der Waals surface area contributed by atoms with Crippen LogP contribution in [0.3, 0.4) is 0 Å². The summed E-state index contributed by atoms with van der Waals surface area (Å²) in [6.45, 7) is 6.23. The Hall–Kier alpha value is -4.32. The standard InChI is InChI=1S/C33H37N3O3/c1-26(2)21-36(33(38)29-16-18-31(39-3)19-17-29)25-32(37)35(23-28-13-8-5-9-14-28)24-30-15-10-20-34(30)22-27-11-6-4-7-12-27/h4-20,26H,21-25H2,1-3H3. The first-order valence-electron chi connectivity index (χ1n) is 13.4. The van der Waals surface area contributed by atoms with E-state index in [0.717, 1.165) is 17.8 Å². The summed E-state index contributed by atoms with van der Waals surface area (Å²) in [4.78, 5) is 30.9. The third-order valence-corrected chi connectivity index (χ3v) is 6.58. The molecule has 0 saturated heterocycles. The van der Waals surface area contributed by atoms with Crippen LogP contribution >= 0.6 is 0 Å². The number of rotatable bonds is 12. The third-order valence-electron chi connectivity index (χ3n) is 6.58. The van der Waals surface area contributed by atoms with Crippen LogP contribution in [-0.4, -0.2) is 46.4 Å². The average Bonchev–Trinajstić information content (AvgIpc) is 3.39. The minimum Gasteiger partial charge on any atom is -0.497 e. The molecular formula is C33H37N3O3. The van der Waals surface area contributed by atoms with E-state index in [9.17, 15) is 9.59 Å². The molecule has 0 unspecified atom stereocenters. The van der Waals surface area contributed by atoms with Crippen molar-refractivity contribution in [3.8, 4) is 5.75 Å². The van der Waals surface area contributed by atoms with E-state index in [1.807, 2.05) is 65.7 Å². The predicted molar refractivity (Wildman–Crippen MR) is 154 cm³/mol. The Morgan fingerprint density at radius 1 is 0.769 bits per heavy atom. The fraction of sp³-hybridized carbons (Fsp3) is 0.273. The maximum Gasteiger partial charge on any atom is 0.254 e. The Morgan fingerprint density at radius 2 is 1.41 bits per heavy atom. The number of hydrogen-bond donors (Lipinski definition) is 0. The maximum atomic E-state index is 13.9. The summed E-state index contributed by atoms with van der Waals surface area (Å²) in [5.74, 6) is 0.650. The molecule has 0 spiro atoms. The van der Waals surface area contributed by atoms with Crippen molar-refractivity contribution in [3.63, 3.8) is 0 Å². The van der Waals surface area contributed by atoms with Crippen molar-refractivity contribution in [3.05, 3.63) is 126 Å². The Kier molecular flexibility index (Phi) is 9.57. The van der Waals surface area contributed by atoms with Crippen LogP contribution in [0.15, 0.2) is 103 Å². The van der Waals surface area contributed by atoms with E-state index in [1.165, 1.54) is 5.56 Å². The Bertz CT molecular complexity index is 1330. The van der Waals surface area contributed by atoms with E-state index in [2.05, 4.69) is 36.6 Å². The molecule has 6 nitrogen and oxygen atoms in total. The molecule has 202 valence electrons. The maximum absolute atomic E-state index is 13.9. The highest BCUT2D eigenvalue weighted by atomic mass is 16.5. The monoisotopic (exact) mass is 523 g/mol. The lowest BCUT2D eigenvalue weighted by atomic mass is 10.1. The van der Waals surface area contributed by atoms with Crippen LogP contribution in [0.4, 0.5) is 0 Å². The van der Waals surface area contributed by atoms with Crippen molar-refractivity contribution in [2.24, 2.45) is 5.92 Å². The zero-order valence-corrected chi connectivity index (χ0v) is 23.0. The summed E-state index contributed by atoms with van der Waals surface area (Å²) < 4.78 is 7.41. The zero-order valence-electron chi connectivity index (χ0n) is 23.0. The third kappa shape index (κ3) is 7.84. The number of nitrogens with zero attached hydrogens (tertiary/aromatic N) is 3. The van der Waals surface area contributed by atoms with Crippen molar-refractivity contribution in [2.75, 3.05) is 20.2 Å². The van der Waals surface area contributed by atoms with Crippen molar-refractivity contribution in [2.45, 2.75) is 33.5 Å². The van der Waals surface area contributed by atoms with Crippen molar-refractivity contribution in [1.29, 1.82) is 0 Å². The van der Waals surface area contributed by atoms with Gasteiger partial charge in [0.2, 0.25) is 5.91 Å². The highest BCUT2D eigenvalue weighted by molar-refractivity contribution is 5.96. The summed E-state index contributed by atoms with van der Waals surface area (Å²) in [6, 6.07) is 31.4. The van der Waals surface area contributed by atoms with E-state index in [4.69, 9.17) is 4.74 Å². The lowest BCUT2D eigenvalue weighted by Crippen LogP contribution is -2.44. The second-order valence-electron chi connectivity index (χ2n) is 10.2. The highest BCUT2D eigenvalue weighted by Gasteiger charge is 2.24. The number of methoxy groups -OCH3 is 1. The second kappa shape index (κ2) is 13.5. The van der Waals surface area contributed by atoms with Gasteiger partial charge < -0.3 is 19.1 Å². The minimum atomic E-state index is -0.160. The van der Waals surface area contributed by atoms with Crippen LogP contribution < -0.4 is 4.74 Å². The number of carbonyl (C=O) groups is 2. The van der Waals surface area contributed by atoms with E-state index in [1.54, 1.807) is 36.3 Å². The molecule has 0 atom stereocenters. The Labute approximate surface area is 231 Å². The Morgan fingerprint density at radius 3 is 2.03 bits per heavy atom. The summed E-state index contributed by atoms with van der Waals surface area (Å²) in [5.41, 5.74) is 3.82. The molecule has 0 aliphatic carbocycles. The molecule has 1 aromatic heterocycles. The summed E-state index contributed by atoms with van der Waals surface area (Å²) in [6.07, 6.45) is 2.05. The van der Waals surface area contributed by atoms with Crippen LogP contribution in [0, 0.1) is 5.92 Å². The van der Waals surface area contributed by atoms with Crippen LogP contribution in [0.2, 0.25) is 0 Å². The molecule has 0 radical (unpaired) electrons. The fourth-order valence-electron chi connectivity index (χ4n) is 4.60. The second-order valence-corrected chi connectivity index (χ2v) is 10.2. The van der Waals surface area contributed by atoms with Gasteiger partial charge in [0.25, 0.3) is 5.91 Å². The van der Waals surface area contributed by atoms with Gasteiger partial charge in [-0.05, 0) is 53.4 Å². The van der Waals surface area contributed by atoms with Gasteiger partial charge in [-0.15, -0.1) is 0 Å². The highest BCUT2D eigenvalue weighted by Crippen LogP contribution is 2.17. The average molecular weight is 524 g/mol. The van der Waals surface area contributed by atoms with Gasteiger partial charge >= 0.3 is 0 Å². The predicted octanol–water partition coefficient (Wildman–Crippen LogP) is 5.87. The van der Waals surface area contributed by atoms with Crippen molar-refractivity contribution >= 4 is 11.8 Å². The summed E-state index contributed by atoms with van der Waals surface area (Å²) in [7, 11) is 1.60. The van der Waals surface area contributed by atoms with Crippen LogP contribution in [0.1, 0.15) is 41.0 Å². The first kappa shape index (κ1) is 27.7. The molecule has 0 saturated carbocycles. The summed E-state index contributed by atoms with van der Waals surface area (Å²) >= 11 is 0. The van der Waals surface area contributed by atoms with Gasteiger partial charge in [0.05, 0.1) is 13.7 Å². The number of aromatic nitrogens is 1. The lowest BCUT2D eigenvalue weighted by Gasteiger charge is -2.29. The van der Waals surface area contributed by atoms with Gasteiger partial charge in [-0.3, -0.25) is 9.59 Å². The first-order valence-corrected chi connectivity index (χ1v) is 13.4. The number of hydrogen-bond acceptors (Lipinski definition) is 3. The largest absolute Gasteiger partial charge is 0.497 e. The molecule has 4 rings (SSSR count). The number of ether oxygens (including phenoxy) is 1. The van der Waals surface area contributed by atoms with Crippen LogP contribution in [0.25, 0.3) is 0 Å². The molecule has 0 bridgehead atoms. The van der Waals surface area contributed by atoms with Gasteiger partial charge in [-0.1, -0.05) is 74.5 Å². The smallest absolute Gasteiger partial charge is 0.254 e. The number of amides is 2. The normalized spacial score (nSPS) is 10.9. The topological polar surface area (TPSA) is 54.8 Å². The lowest BCUT2D eigenvalue weighted by molar-refractivity contribution is -0.133. The van der Waals surface area contributed by atoms with Gasteiger partial charge in [0.1, 0.15) is 12.3 Å². The molecule has 0 fully saturated rings. The van der Waals surface area contributed by atoms with Gasteiger partial charge in [-0.2, -0.15) is 0 Å². The van der Waals surface area contributed by atoms with Crippen molar-refractivity contribution < 1.29 is 14.3 Å². The molecule has 4 aromatic rings. The molecule has 3 aromatic carbocycles. The van der Waals surface area contributed by atoms with E-state index >= 15 is 0 Å². The molecule has 0 aliphatic rings. The summed E-state index contributed by atoms with van der Waals surface area (Å²) in [5, 5.41) is 0. The van der Waals surface area contributed by atoms with Crippen molar-refractivity contribution in [1.82, 2.24) is 14.4 Å². The molecule has 1 heterocycles. The van der Waals surface area contributed by atoms with E-state index in [0.29, 0.717) is 30.9 Å². The SMILES string of the molecule is COc1ccc(C(=O)N(CC(=O)N(Cc2ccccc2)Cc2cccn2Cc2ccccc2)CC(C)C)cc1. The van der Waals surface area contributed by atoms with Crippen LogP contribution in [-0.2, 0) is 24.4 Å². The molecule has 0 N–H and O–H groups in total. The van der Waals surface area contributed by atoms with Crippen LogP contribution in [0.5, 0.6) is 5.75 Å².